The van der Waals surface area contributed by atoms with Crippen LogP contribution in [0.2, 0.25) is 0 Å². The number of benzene rings is 2. The van der Waals surface area contributed by atoms with Crippen LogP contribution in [0.3, 0.4) is 0 Å². The quantitative estimate of drug-likeness (QED) is 0.863. The fraction of sp³-hybridized carbons (Fsp3) is 0.409. The van der Waals surface area contributed by atoms with Crippen LogP contribution in [0.5, 0.6) is 11.5 Å². The van der Waals surface area contributed by atoms with Gasteiger partial charge < -0.3 is 19.9 Å². The highest BCUT2D eigenvalue weighted by Gasteiger charge is 2.39. The zero-order chi connectivity index (χ0) is 18.6. The van der Waals surface area contributed by atoms with E-state index in [1.165, 1.54) is 0 Å². The van der Waals surface area contributed by atoms with Crippen LogP contribution in [-0.4, -0.2) is 47.5 Å². The van der Waals surface area contributed by atoms with Crippen LogP contribution in [0.1, 0.15) is 26.2 Å². The Morgan fingerprint density at radius 1 is 1.04 bits per heavy atom. The third-order valence-corrected chi connectivity index (χ3v) is 5.65. The van der Waals surface area contributed by atoms with E-state index in [-0.39, 0.29) is 6.03 Å². The Hall–Kier alpha value is -2.53. The first kappa shape index (κ1) is 17.9. The number of hydrogen-bond donors (Lipinski definition) is 1. The molecule has 2 amide bonds. The predicted molar refractivity (Wildman–Crippen MR) is 107 cm³/mol. The maximum absolute atomic E-state index is 13.1. The highest BCUT2D eigenvalue weighted by molar-refractivity contribution is 5.91. The van der Waals surface area contributed by atoms with Crippen LogP contribution in [0.25, 0.3) is 0 Å². The Morgan fingerprint density at radius 3 is 2.59 bits per heavy atom. The number of nitrogens with one attached hydrogen (secondary N) is 1. The van der Waals surface area contributed by atoms with Crippen LogP contribution in [0.15, 0.2) is 54.6 Å². The molecule has 142 valence electrons. The molecule has 2 fully saturated rings. The Kier molecular flexibility index (Phi) is 5.30. The van der Waals surface area contributed by atoms with Gasteiger partial charge in [0.15, 0.2) is 5.75 Å². The third-order valence-electron chi connectivity index (χ3n) is 5.65. The van der Waals surface area contributed by atoms with Crippen molar-refractivity contribution in [3.05, 3.63) is 54.6 Å². The number of urea groups is 1. The lowest BCUT2D eigenvalue weighted by molar-refractivity contribution is 0.184. The fourth-order valence-electron chi connectivity index (χ4n) is 4.22. The van der Waals surface area contributed by atoms with Crippen molar-refractivity contribution in [2.24, 2.45) is 0 Å². The number of likely N-dealkylation sites (tertiary alicyclic amines) is 1. The van der Waals surface area contributed by atoms with Crippen molar-refractivity contribution in [3.63, 3.8) is 0 Å². The van der Waals surface area contributed by atoms with E-state index in [1.807, 2.05) is 54.6 Å². The van der Waals surface area contributed by atoms with Crippen LogP contribution in [-0.2, 0) is 0 Å². The van der Waals surface area contributed by atoms with Gasteiger partial charge in [-0.1, -0.05) is 37.3 Å². The maximum Gasteiger partial charge on any atom is 0.322 e. The molecule has 2 atom stereocenters. The smallest absolute Gasteiger partial charge is 0.322 e. The second kappa shape index (κ2) is 8.01. The van der Waals surface area contributed by atoms with Crippen LogP contribution in [0.4, 0.5) is 10.5 Å². The molecule has 2 aliphatic rings. The number of ether oxygens (including phenoxy) is 1. The molecule has 0 unspecified atom stereocenters. The van der Waals surface area contributed by atoms with Crippen molar-refractivity contribution in [1.29, 1.82) is 0 Å². The van der Waals surface area contributed by atoms with Gasteiger partial charge >= 0.3 is 6.03 Å². The lowest BCUT2D eigenvalue weighted by Crippen LogP contribution is -2.45. The lowest BCUT2D eigenvalue weighted by atomic mass is 10.1. The molecule has 2 aromatic carbocycles. The van der Waals surface area contributed by atoms with Gasteiger partial charge in [0.1, 0.15) is 5.75 Å². The second-order valence-corrected chi connectivity index (χ2v) is 7.32. The molecule has 1 N–H and O–H groups in total. The van der Waals surface area contributed by atoms with E-state index < -0.39 is 0 Å². The van der Waals surface area contributed by atoms with Crippen molar-refractivity contribution >= 4 is 11.7 Å². The summed E-state index contributed by atoms with van der Waals surface area (Å²) in [5.74, 6) is 1.42. The number of nitrogens with zero attached hydrogens (tertiary/aromatic N) is 2. The van der Waals surface area contributed by atoms with E-state index >= 15 is 0 Å². The van der Waals surface area contributed by atoms with E-state index in [1.54, 1.807) is 0 Å². The molecule has 2 saturated heterocycles. The largest absolute Gasteiger partial charge is 0.455 e. The third kappa shape index (κ3) is 3.93. The summed E-state index contributed by atoms with van der Waals surface area (Å²) in [7, 11) is 0. The maximum atomic E-state index is 13.1. The summed E-state index contributed by atoms with van der Waals surface area (Å²) in [5.41, 5.74) is 0.711. The number of para-hydroxylation sites is 3. The molecule has 5 nitrogen and oxygen atoms in total. The molecular weight excluding hydrogens is 338 g/mol. The average molecular weight is 365 g/mol. The van der Waals surface area contributed by atoms with Crippen molar-refractivity contribution in [2.75, 3.05) is 25.0 Å². The molecule has 0 saturated carbocycles. The number of likely N-dealkylation sites (N-methyl/N-ethyl adjacent to an activating group) is 1. The number of anilines is 1. The zero-order valence-electron chi connectivity index (χ0n) is 15.8. The number of carbonyl (C=O) groups is 1. The molecule has 4 rings (SSSR count). The second-order valence-electron chi connectivity index (χ2n) is 7.32. The van der Waals surface area contributed by atoms with Gasteiger partial charge in [-0.15, -0.1) is 0 Å². The highest BCUT2D eigenvalue weighted by Crippen LogP contribution is 2.33. The summed E-state index contributed by atoms with van der Waals surface area (Å²) in [4.78, 5) is 17.7. The predicted octanol–water partition coefficient (Wildman–Crippen LogP) is 4.57. The average Bonchev–Trinajstić information content (AvgIpc) is 2.99. The van der Waals surface area contributed by atoms with Crippen LogP contribution >= 0.6 is 0 Å². The summed E-state index contributed by atoms with van der Waals surface area (Å²) in [6.45, 7) is 5.30. The van der Waals surface area contributed by atoms with Crippen LogP contribution in [0, 0.1) is 0 Å². The van der Waals surface area contributed by atoms with Gasteiger partial charge in [0, 0.05) is 25.2 Å². The number of fused-ring (bicyclic) bond motifs is 2. The Bertz CT molecular complexity index is 780. The molecule has 2 bridgehead atoms. The van der Waals surface area contributed by atoms with E-state index in [0.29, 0.717) is 23.5 Å². The summed E-state index contributed by atoms with van der Waals surface area (Å²) < 4.78 is 5.98. The topological polar surface area (TPSA) is 44.8 Å². The number of amides is 2. The highest BCUT2D eigenvalue weighted by atomic mass is 16.5. The molecule has 0 spiro atoms. The standard InChI is InChI=1S/C22H27N3O2/c1-2-24-15-14-17-12-13-18(16-24)25(17)22(26)23-20-10-6-7-11-21(20)27-19-8-4-3-5-9-19/h3-11,17-18H,2,12-16H2,1H3,(H,23,26)/t17-,18+/m1/s1. The molecule has 27 heavy (non-hydrogen) atoms. The minimum Gasteiger partial charge on any atom is -0.455 e. The molecule has 2 heterocycles. The summed E-state index contributed by atoms with van der Waals surface area (Å²) >= 11 is 0. The van der Waals surface area contributed by atoms with E-state index in [9.17, 15) is 4.79 Å². The number of rotatable bonds is 4. The van der Waals surface area contributed by atoms with Crippen molar-refractivity contribution in [2.45, 2.75) is 38.3 Å². The Labute approximate surface area is 160 Å². The van der Waals surface area contributed by atoms with E-state index in [4.69, 9.17) is 4.74 Å². The van der Waals surface area contributed by atoms with Gasteiger partial charge in [-0.3, -0.25) is 0 Å². The number of hydrogen-bond acceptors (Lipinski definition) is 3. The first-order valence-corrected chi connectivity index (χ1v) is 9.88. The molecule has 2 aliphatic heterocycles. The van der Waals surface area contributed by atoms with Crippen molar-refractivity contribution < 1.29 is 9.53 Å². The monoisotopic (exact) mass is 365 g/mol. The number of carbonyl (C=O) groups excluding carboxylic acids is 1. The summed E-state index contributed by atoms with van der Waals surface area (Å²) in [6.07, 6.45) is 3.26. The first-order valence-electron chi connectivity index (χ1n) is 9.88. The van der Waals surface area contributed by atoms with Gasteiger partial charge in [-0.2, -0.15) is 0 Å². The van der Waals surface area contributed by atoms with Crippen molar-refractivity contribution in [3.8, 4) is 11.5 Å². The van der Waals surface area contributed by atoms with E-state index in [2.05, 4.69) is 22.0 Å². The summed E-state index contributed by atoms with van der Waals surface area (Å²) in [6, 6.07) is 17.9. The van der Waals surface area contributed by atoms with Gasteiger partial charge in [-0.05, 0) is 50.1 Å². The minimum atomic E-state index is -0.00966. The molecule has 0 aromatic heterocycles. The van der Waals surface area contributed by atoms with Crippen LogP contribution < -0.4 is 10.1 Å². The van der Waals surface area contributed by atoms with E-state index in [0.717, 1.165) is 44.6 Å². The van der Waals surface area contributed by atoms with Gasteiger partial charge in [-0.25, -0.2) is 4.79 Å². The molecule has 0 radical (unpaired) electrons. The molecule has 0 aliphatic carbocycles. The molecule has 5 heteroatoms. The van der Waals surface area contributed by atoms with Gasteiger partial charge in [0.25, 0.3) is 0 Å². The Morgan fingerprint density at radius 2 is 1.78 bits per heavy atom. The minimum absolute atomic E-state index is 0.00966. The van der Waals surface area contributed by atoms with Gasteiger partial charge in [0.05, 0.1) is 5.69 Å². The van der Waals surface area contributed by atoms with Gasteiger partial charge in [0.2, 0.25) is 0 Å². The summed E-state index contributed by atoms with van der Waals surface area (Å²) in [5, 5.41) is 3.11. The fourth-order valence-corrected chi connectivity index (χ4v) is 4.22. The zero-order valence-corrected chi connectivity index (χ0v) is 15.8. The lowest BCUT2D eigenvalue weighted by Gasteiger charge is -2.29. The Balaban J connectivity index is 1.50. The molecular formula is C22H27N3O2. The molecule has 2 aromatic rings. The first-order chi connectivity index (χ1) is 13.2. The normalized spacial score (nSPS) is 22.3. The SMILES string of the molecule is CCN1CC[C@H]2CC[C@@H](C1)N2C(=O)Nc1ccccc1Oc1ccccc1. The van der Waals surface area contributed by atoms with Crippen molar-refractivity contribution in [1.82, 2.24) is 9.80 Å².